The van der Waals surface area contributed by atoms with Gasteiger partial charge in [-0.05, 0) is 67.4 Å². The number of anilines is 1. The summed E-state index contributed by atoms with van der Waals surface area (Å²) in [7, 11) is 0. The van der Waals surface area contributed by atoms with Gasteiger partial charge in [0.05, 0.1) is 10.6 Å². The Morgan fingerprint density at radius 3 is 2.52 bits per heavy atom. The molecule has 4 aromatic rings. The molecular formula is C22H17ClN2O2. The van der Waals surface area contributed by atoms with Gasteiger partial charge < -0.3 is 9.73 Å². The second-order valence-corrected chi connectivity index (χ2v) is 6.85. The van der Waals surface area contributed by atoms with E-state index in [1.165, 1.54) is 0 Å². The van der Waals surface area contributed by atoms with Crippen LogP contribution in [0.2, 0.25) is 5.02 Å². The first-order chi connectivity index (χ1) is 13.0. The van der Waals surface area contributed by atoms with E-state index in [0.29, 0.717) is 33.3 Å². The highest BCUT2D eigenvalue weighted by Gasteiger charge is 2.14. The summed E-state index contributed by atoms with van der Waals surface area (Å²) < 4.78 is 5.91. The second kappa shape index (κ2) is 6.89. The lowest BCUT2D eigenvalue weighted by Gasteiger charge is -2.07. The van der Waals surface area contributed by atoms with E-state index in [-0.39, 0.29) is 5.91 Å². The largest absolute Gasteiger partial charge is 0.436 e. The Balaban J connectivity index is 1.69. The number of halogens is 1. The number of oxazole rings is 1. The molecule has 3 aromatic carbocycles. The fourth-order valence-corrected chi connectivity index (χ4v) is 3.05. The highest BCUT2D eigenvalue weighted by molar-refractivity contribution is 6.33. The summed E-state index contributed by atoms with van der Waals surface area (Å²) in [5.74, 6) is 0.239. The maximum absolute atomic E-state index is 12.4. The van der Waals surface area contributed by atoms with Crippen LogP contribution >= 0.6 is 11.6 Å². The second-order valence-electron chi connectivity index (χ2n) is 6.44. The first kappa shape index (κ1) is 17.3. The van der Waals surface area contributed by atoms with Gasteiger partial charge in [-0.15, -0.1) is 0 Å². The predicted octanol–water partition coefficient (Wildman–Crippen LogP) is 6.02. The van der Waals surface area contributed by atoms with E-state index in [1.807, 2.05) is 44.2 Å². The average Bonchev–Trinajstić information content (AvgIpc) is 3.06. The van der Waals surface area contributed by atoms with Crippen molar-refractivity contribution in [1.29, 1.82) is 0 Å². The molecule has 4 rings (SSSR count). The van der Waals surface area contributed by atoms with Gasteiger partial charge in [0.15, 0.2) is 5.58 Å². The van der Waals surface area contributed by atoms with Crippen LogP contribution in [0.4, 0.5) is 5.69 Å². The van der Waals surface area contributed by atoms with Crippen molar-refractivity contribution in [2.45, 2.75) is 13.8 Å². The summed E-state index contributed by atoms with van der Waals surface area (Å²) >= 11 is 6.36. The maximum atomic E-state index is 12.4. The number of nitrogens with zero attached hydrogens (tertiary/aromatic N) is 1. The van der Waals surface area contributed by atoms with Crippen molar-refractivity contribution >= 4 is 34.3 Å². The third-order valence-electron chi connectivity index (χ3n) is 4.49. The molecule has 27 heavy (non-hydrogen) atoms. The van der Waals surface area contributed by atoms with Gasteiger partial charge in [-0.3, -0.25) is 4.79 Å². The van der Waals surface area contributed by atoms with Crippen LogP contribution in [0.25, 0.3) is 22.6 Å². The van der Waals surface area contributed by atoms with Crippen molar-refractivity contribution in [2.24, 2.45) is 0 Å². The monoisotopic (exact) mass is 376 g/mol. The molecule has 134 valence electrons. The molecule has 1 aromatic heterocycles. The van der Waals surface area contributed by atoms with Gasteiger partial charge >= 0.3 is 0 Å². The van der Waals surface area contributed by atoms with E-state index in [4.69, 9.17) is 16.0 Å². The van der Waals surface area contributed by atoms with Gasteiger partial charge in [0.2, 0.25) is 5.89 Å². The summed E-state index contributed by atoms with van der Waals surface area (Å²) in [4.78, 5) is 16.9. The zero-order valence-corrected chi connectivity index (χ0v) is 15.7. The molecule has 0 aliphatic carbocycles. The molecule has 0 spiro atoms. The van der Waals surface area contributed by atoms with Crippen LogP contribution in [-0.4, -0.2) is 10.9 Å². The van der Waals surface area contributed by atoms with Gasteiger partial charge in [-0.25, -0.2) is 4.98 Å². The van der Waals surface area contributed by atoms with Crippen molar-refractivity contribution in [3.05, 3.63) is 82.4 Å². The molecule has 0 saturated carbocycles. The predicted molar refractivity (Wildman–Crippen MR) is 108 cm³/mol. The molecule has 0 atom stereocenters. The van der Waals surface area contributed by atoms with E-state index in [9.17, 15) is 4.79 Å². The SMILES string of the molecule is Cc1cc2nc(-c3cc(NC(=O)c4ccccc4)ccc3Cl)oc2cc1C. The molecule has 0 fully saturated rings. The van der Waals surface area contributed by atoms with E-state index < -0.39 is 0 Å². The number of benzene rings is 3. The summed E-state index contributed by atoms with van der Waals surface area (Å²) in [6.07, 6.45) is 0. The van der Waals surface area contributed by atoms with Gasteiger partial charge in [0.25, 0.3) is 5.91 Å². The van der Waals surface area contributed by atoms with Crippen molar-refractivity contribution in [2.75, 3.05) is 5.32 Å². The van der Waals surface area contributed by atoms with Gasteiger partial charge in [0.1, 0.15) is 5.52 Å². The topological polar surface area (TPSA) is 55.1 Å². The van der Waals surface area contributed by atoms with Gasteiger partial charge in [0, 0.05) is 11.3 Å². The lowest BCUT2D eigenvalue weighted by Crippen LogP contribution is -2.11. The zero-order chi connectivity index (χ0) is 19.0. The fourth-order valence-electron chi connectivity index (χ4n) is 2.85. The van der Waals surface area contributed by atoms with E-state index in [1.54, 1.807) is 30.3 Å². The Bertz CT molecular complexity index is 1110. The molecule has 0 saturated heterocycles. The standard InChI is InChI=1S/C22H17ClN2O2/c1-13-10-19-20(11-14(13)2)27-22(25-19)17-12-16(8-9-18(17)23)24-21(26)15-6-4-3-5-7-15/h3-12H,1-2H3,(H,24,26). The molecule has 0 aliphatic rings. The Morgan fingerprint density at radius 1 is 1.00 bits per heavy atom. The molecule has 0 aliphatic heterocycles. The highest BCUT2D eigenvalue weighted by atomic mass is 35.5. The number of nitrogens with one attached hydrogen (secondary N) is 1. The minimum absolute atomic E-state index is 0.187. The number of carbonyl (C=O) groups is 1. The number of hydrogen-bond acceptors (Lipinski definition) is 3. The average molecular weight is 377 g/mol. The Labute approximate surface area is 161 Å². The lowest BCUT2D eigenvalue weighted by molar-refractivity contribution is 0.102. The molecule has 0 bridgehead atoms. The molecule has 0 unspecified atom stereocenters. The van der Waals surface area contributed by atoms with E-state index >= 15 is 0 Å². The van der Waals surface area contributed by atoms with E-state index in [0.717, 1.165) is 16.6 Å². The van der Waals surface area contributed by atoms with Crippen molar-refractivity contribution in [1.82, 2.24) is 4.98 Å². The smallest absolute Gasteiger partial charge is 0.255 e. The number of aryl methyl sites for hydroxylation is 2. The van der Waals surface area contributed by atoms with Crippen molar-refractivity contribution in [3.8, 4) is 11.5 Å². The normalized spacial score (nSPS) is 10.9. The minimum atomic E-state index is -0.187. The summed E-state index contributed by atoms with van der Waals surface area (Å²) in [6.45, 7) is 4.07. The maximum Gasteiger partial charge on any atom is 0.255 e. The number of rotatable bonds is 3. The molecule has 1 amide bonds. The number of aromatic nitrogens is 1. The van der Waals surface area contributed by atoms with Crippen LogP contribution in [-0.2, 0) is 0 Å². The first-order valence-electron chi connectivity index (χ1n) is 8.55. The molecule has 0 radical (unpaired) electrons. The van der Waals surface area contributed by atoms with Crippen molar-refractivity contribution in [3.63, 3.8) is 0 Å². The number of amides is 1. The lowest BCUT2D eigenvalue weighted by atomic mass is 10.1. The summed E-state index contributed by atoms with van der Waals surface area (Å²) in [5, 5.41) is 3.39. The first-order valence-corrected chi connectivity index (χ1v) is 8.93. The van der Waals surface area contributed by atoms with Gasteiger partial charge in [-0.1, -0.05) is 29.8 Å². The highest BCUT2D eigenvalue weighted by Crippen LogP contribution is 2.33. The molecule has 1 heterocycles. The van der Waals surface area contributed by atoms with Crippen molar-refractivity contribution < 1.29 is 9.21 Å². The summed E-state index contributed by atoms with van der Waals surface area (Å²) in [5.41, 5.74) is 5.62. The number of hydrogen-bond donors (Lipinski definition) is 1. The Kier molecular flexibility index (Phi) is 4.42. The molecular weight excluding hydrogens is 360 g/mol. The molecule has 4 nitrogen and oxygen atoms in total. The Morgan fingerprint density at radius 2 is 1.74 bits per heavy atom. The van der Waals surface area contributed by atoms with Crippen LogP contribution in [0.3, 0.4) is 0 Å². The third kappa shape index (κ3) is 3.44. The number of carbonyl (C=O) groups excluding carboxylic acids is 1. The molecule has 5 heteroatoms. The molecule has 1 N–H and O–H groups in total. The van der Waals surface area contributed by atoms with Crippen LogP contribution in [0, 0.1) is 13.8 Å². The van der Waals surface area contributed by atoms with Gasteiger partial charge in [-0.2, -0.15) is 0 Å². The fraction of sp³-hybridized carbons (Fsp3) is 0.0909. The third-order valence-corrected chi connectivity index (χ3v) is 4.82. The van der Waals surface area contributed by atoms with Crippen LogP contribution in [0.1, 0.15) is 21.5 Å². The Hall–Kier alpha value is -3.11. The zero-order valence-electron chi connectivity index (χ0n) is 14.9. The van der Waals surface area contributed by atoms with Crippen LogP contribution in [0.15, 0.2) is 65.1 Å². The van der Waals surface area contributed by atoms with E-state index in [2.05, 4.69) is 10.3 Å². The minimum Gasteiger partial charge on any atom is -0.436 e. The quantitative estimate of drug-likeness (QED) is 0.475. The van der Waals surface area contributed by atoms with Crippen LogP contribution < -0.4 is 5.32 Å². The number of fused-ring (bicyclic) bond motifs is 1. The van der Waals surface area contributed by atoms with Crippen LogP contribution in [0.5, 0.6) is 0 Å². The summed E-state index contributed by atoms with van der Waals surface area (Å²) in [6, 6.07) is 18.3.